The van der Waals surface area contributed by atoms with Crippen molar-refractivity contribution in [2.45, 2.75) is 25.0 Å². The molecule has 0 fully saturated rings. The van der Waals surface area contributed by atoms with Crippen molar-refractivity contribution >= 4 is 21.5 Å². The van der Waals surface area contributed by atoms with E-state index in [2.05, 4.69) is 36.4 Å². The minimum Gasteiger partial charge on any atom is -0.390 e. The molecule has 0 amide bonds. The summed E-state index contributed by atoms with van der Waals surface area (Å²) in [4.78, 5) is 0. The molecule has 0 saturated heterocycles. The fourth-order valence-electron chi connectivity index (χ4n) is 3.26. The van der Waals surface area contributed by atoms with Crippen molar-refractivity contribution in [2.24, 2.45) is 0 Å². The van der Waals surface area contributed by atoms with Crippen LogP contribution in [0.25, 0.3) is 21.5 Å². The molecule has 0 aliphatic heterocycles. The molecule has 0 heterocycles. The first kappa shape index (κ1) is 11.9. The standard InChI is InChI=1S/C18H16O2/c19-17-9-14-6-5-13-7-11-3-1-2-4-12(11)8-15(13)16(14)10-18(17)20/h1-8,17-20H,9-10H2/t17-,18-/m0/s1. The minimum absolute atomic E-state index is 0.534. The van der Waals surface area contributed by atoms with E-state index in [1.54, 1.807) is 0 Å². The first-order chi connectivity index (χ1) is 9.72. The smallest absolute Gasteiger partial charge is 0.0842 e. The maximum absolute atomic E-state index is 9.95. The van der Waals surface area contributed by atoms with Gasteiger partial charge in [-0.15, -0.1) is 0 Å². The maximum Gasteiger partial charge on any atom is 0.0842 e. The Balaban J connectivity index is 2.03. The third kappa shape index (κ3) is 1.73. The monoisotopic (exact) mass is 264 g/mol. The summed E-state index contributed by atoms with van der Waals surface area (Å²) < 4.78 is 0. The predicted octanol–water partition coefficient (Wildman–Crippen LogP) is 2.81. The number of aliphatic hydroxyl groups is 2. The molecule has 0 saturated carbocycles. The Bertz CT molecular complexity index is 807. The molecule has 4 rings (SSSR count). The molecule has 3 aromatic rings. The van der Waals surface area contributed by atoms with Crippen LogP contribution in [0.4, 0.5) is 0 Å². The molecule has 20 heavy (non-hydrogen) atoms. The molecule has 0 radical (unpaired) electrons. The lowest BCUT2D eigenvalue weighted by Crippen LogP contribution is -2.34. The van der Waals surface area contributed by atoms with E-state index in [0.717, 1.165) is 5.56 Å². The summed E-state index contributed by atoms with van der Waals surface area (Å²) in [6.45, 7) is 0. The van der Waals surface area contributed by atoms with Gasteiger partial charge in [-0.05, 0) is 44.8 Å². The Labute approximate surface area is 117 Å². The van der Waals surface area contributed by atoms with Gasteiger partial charge in [-0.25, -0.2) is 0 Å². The van der Waals surface area contributed by atoms with E-state index < -0.39 is 12.2 Å². The summed E-state index contributed by atoms with van der Waals surface area (Å²) in [7, 11) is 0. The van der Waals surface area contributed by atoms with Crippen molar-refractivity contribution in [3.63, 3.8) is 0 Å². The molecule has 2 nitrogen and oxygen atoms in total. The Hall–Kier alpha value is -1.90. The van der Waals surface area contributed by atoms with Gasteiger partial charge in [-0.3, -0.25) is 0 Å². The second-order valence-corrected chi connectivity index (χ2v) is 5.67. The van der Waals surface area contributed by atoms with Crippen molar-refractivity contribution in [3.8, 4) is 0 Å². The van der Waals surface area contributed by atoms with Gasteiger partial charge in [0.1, 0.15) is 0 Å². The number of fused-ring (bicyclic) bond motifs is 4. The molecule has 0 aromatic heterocycles. The molecule has 2 heteroatoms. The quantitative estimate of drug-likeness (QED) is 0.613. The van der Waals surface area contributed by atoms with E-state index in [-0.39, 0.29) is 0 Å². The summed E-state index contributed by atoms with van der Waals surface area (Å²) in [6, 6.07) is 16.9. The third-order valence-electron chi connectivity index (χ3n) is 4.38. The normalized spacial score (nSPS) is 22.1. The van der Waals surface area contributed by atoms with Crippen LogP contribution in [0, 0.1) is 0 Å². The summed E-state index contributed by atoms with van der Waals surface area (Å²) in [5.41, 5.74) is 2.34. The van der Waals surface area contributed by atoms with Crippen LogP contribution in [-0.4, -0.2) is 22.4 Å². The van der Waals surface area contributed by atoms with Crippen LogP contribution in [0.3, 0.4) is 0 Å². The van der Waals surface area contributed by atoms with Gasteiger partial charge in [0.15, 0.2) is 0 Å². The van der Waals surface area contributed by atoms with Gasteiger partial charge in [0.2, 0.25) is 0 Å². The van der Waals surface area contributed by atoms with Crippen molar-refractivity contribution in [3.05, 3.63) is 59.7 Å². The molecule has 1 aliphatic rings. The zero-order valence-electron chi connectivity index (χ0n) is 11.1. The number of hydrogen-bond donors (Lipinski definition) is 2. The van der Waals surface area contributed by atoms with Gasteiger partial charge in [-0.2, -0.15) is 0 Å². The topological polar surface area (TPSA) is 40.5 Å². The summed E-state index contributed by atoms with van der Waals surface area (Å²) in [5, 5.41) is 24.6. The second-order valence-electron chi connectivity index (χ2n) is 5.67. The van der Waals surface area contributed by atoms with Crippen molar-refractivity contribution < 1.29 is 10.2 Å². The zero-order chi connectivity index (χ0) is 13.7. The van der Waals surface area contributed by atoms with Crippen LogP contribution >= 0.6 is 0 Å². The fraction of sp³-hybridized carbons (Fsp3) is 0.222. The number of aliphatic hydroxyl groups excluding tert-OH is 2. The molecule has 0 spiro atoms. The van der Waals surface area contributed by atoms with Crippen molar-refractivity contribution in [2.75, 3.05) is 0 Å². The van der Waals surface area contributed by atoms with E-state index in [9.17, 15) is 10.2 Å². The fourth-order valence-corrected chi connectivity index (χ4v) is 3.26. The lowest BCUT2D eigenvalue weighted by atomic mass is 9.84. The SMILES string of the molecule is O[C@H]1Cc2ccc3cc4ccccc4cc3c2C[C@@H]1O. The lowest BCUT2D eigenvalue weighted by Gasteiger charge is -2.27. The average molecular weight is 264 g/mol. The Morgan fingerprint density at radius 1 is 0.750 bits per heavy atom. The highest BCUT2D eigenvalue weighted by atomic mass is 16.3. The van der Waals surface area contributed by atoms with Crippen LogP contribution in [0.2, 0.25) is 0 Å². The molecule has 0 unspecified atom stereocenters. The minimum atomic E-state index is -0.653. The largest absolute Gasteiger partial charge is 0.390 e. The van der Waals surface area contributed by atoms with Gasteiger partial charge in [0.05, 0.1) is 12.2 Å². The van der Waals surface area contributed by atoms with E-state index in [4.69, 9.17) is 0 Å². The van der Waals surface area contributed by atoms with Crippen LogP contribution in [0.5, 0.6) is 0 Å². The van der Waals surface area contributed by atoms with Gasteiger partial charge in [0, 0.05) is 12.8 Å². The molecular weight excluding hydrogens is 248 g/mol. The summed E-state index contributed by atoms with van der Waals surface area (Å²) in [5.74, 6) is 0. The zero-order valence-corrected chi connectivity index (χ0v) is 11.1. The van der Waals surface area contributed by atoms with Crippen LogP contribution in [0.15, 0.2) is 48.5 Å². The highest BCUT2D eigenvalue weighted by Crippen LogP contribution is 2.32. The van der Waals surface area contributed by atoms with E-state index in [1.165, 1.54) is 27.1 Å². The molecule has 2 atom stereocenters. The predicted molar refractivity (Wildman–Crippen MR) is 80.9 cm³/mol. The first-order valence-electron chi connectivity index (χ1n) is 7.02. The summed E-state index contributed by atoms with van der Waals surface area (Å²) in [6.07, 6.45) is -0.217. The molecular formula is C18H16O2. The molecule has 3 aromatic carbocycles. The Morgan fingerprint density at radius 3 is 2.25 bits per heavy atom. The number of rotatable bonds is 0. The van der Waals surface area contributed by atoms with Crippen molar-refractivity contribution in [1.29, 1.82) is 0 Å². The number of hydrogen-bond acceptors (Lipinski definition) is 2. The maximum atomic E-state index is 9.95. The Morgan fingerprint density at radius 2 is 1.45 bits per heavy atom. The van der Waals surface area contributed by atoms with Crippen LogP contribution in [-0.2, 0) is 12.8 Å². The molecule has 1 aliphatic carbocycles. The highest BCUT2D eigenvalue weighted by Gasteiger charge is 2.26. The van der Waals surface area contributed by atoms with Gasteiger partial charge < -0.3 is 10.2 Å². The van der Waals surface area contributed by atoms with Gasteiger partial charge in [-0.1, -0.05) is 36.4 Å². The second kappa shape index (κ2) is 4.30. The molecule has 0 bridgehead atoms. The van der Waals surface area contributed by atoms with E-state index in [1.807, 2.05) is 12.1 Å². The van der Waals surface area contributed by atoms with Crippen LogP contribution < -0.4 is 0 Å². The molecule has 2 N–H and O–H groups in total. The van der Waals surface area contributed by atoms with E-state index >= 15 is 0 Å². The third-order valence-corrected chi connectivity index (χ3v) is 4.38. The van der Waals surface area contributed by atoms with Crippen molar-refractivity contribution in [1.82, 2.24) is 0 Å². The average Bonchev–Trinajstić information content (AvgIpc) is 2.47. The Kier molecular flexibility index (Phi) is 2.56. The van der Waals surface area contributed by atoms with Gasteiger partial charge in [0.25, 0.3) is 0 Å². The van der Waals surface area contributed by atoms with E-state index in [0.29, 0.717) is 12.8 Å². The lowest BCUT2D eigenvalue weighted by molar-refractivity contribution is 0.0145. The van der Waals surface area contributed by atoms with Gasteiger partial charge >= 0.3 is 0 Å². The highest BCUT2D eigenvalue weighted by molar-refractivity contribution is 6.00. The first-order valence-corrected chi connectivity index (χ1v) is 7.02. The number of benzene rings is 3. The van der Waals surface area contributed by atoms with Crippen LogP contribution in [0.1, 0.15) is 11.1 Å². The molecule has 100 valence electrons. The summed E-state index contributed by atoms with van der Waals surface area (Å²) >= 11 is 0.